The van der Waals surface area contributed by atoms with E-state index in [0.717, 1.165) is 17.5 Å². The molecule has 0 aliphatic rings. The second kappa shape index (κ2) is 6.49. The van der Waals surface area contributed by atoms with E-state index in [4.69, 9.17) is 10.00 Å². The lowest BCUT2D eigenvalue weighted by Gasteiger charge is -2.03. The third kappa shape index (κ3) is 3.76. The predicted octanol–water partition coefficient (Wildman–Crippen LogP) is 2.86. The van der Waals surface area contributed by atoms with Crippen molar-refractivity contribution in [2.45, 2.75) is 20.3 Å². The molecule has 0 saturated carbocycles. The van der Waals surface area contributed by atoms with Crippen LogP contribution in [0.5, 0.6) is 0 Å². The van der Waals surface area contributed by atoms with Crippen LogP contribution < -0.4 is 0 Å². The van der Waals surface area contributed by atoms with E-state index in [9.17, 15) is 4.79 Å². The molecule has 0 saturated heterocycles. The van der Waals surface area contributed by atoms with Crippen molar-refractivity contribution in [1.29, 1.82) is 5.26 Å². The average molecular weight is 229 g/mol. The Labute approximate surface area is 101 Å². The molecule has 0 radical (unpaired) electrons. The number of carbonyl (C=O) groups is 1. The molecule has 1 rings (SSSR count). The molecule has 0 N–H and O–H groups in total. The maximum Gasteiger partial charge on any atom is 0.348 e. The molecule has 3 nitrogen and oxygen atoms in total. The monoisotopic (exact) mass is 229 g/mol. The zero-order chi connectivity index (χ0) is 12.7. The lowest BCUT2D eigenvalue weighted by Crippen LogP contribution is -2.07. The summed E-state index contributed by atoms with van der Waals surface area (Å²) in [4.78, 5) is 11.5. The summed E-state index contributed by atoms with van der Waals surface area (Å²) in [6.45, 7) is 4.17. The quantitative estimate of drug-likeness (QED) is 0.453. The molecule has 0 spiro atoms. The van der Waals surface area contributed by atoms with Crippen molar-refractivity contribution in [1.82, 2.24) is 0 Å². The highest BCUT2D eigenvalue weighted by atomic mass is 16.5. The zero-order valence-electron chi connectivity index (χ0n) is 10.1. The summed E-state index contributed by atoms with van der Waals surface area (Å²) < 4.78 is 4.93. The van der Waals surface area contributed by atoms with Gasteiger partial charge in [-0.05, 0) is 30.5 Å². The second-order valence-corrected chi connectivity index (χ2v) is 3.66. The number of carbonyl (C=O) groups excluding carboxylic acids is 1. The number of esters is 1. The summed E-state index contributed by atoms with van der Waals surface area (Å²) in [5.74, 6) is -0.558. The van der Waals surface area contributed by atoms with Crippen molar-refractivity contribution >= 4 is 12.0 Å². The molecule has 0 amide bonds. The minimum atomic E-state index is -0.558. The number of aryl methyl sites for hydroxylation is 1. The smallest absolute Gasteiger partial charge is 0.348 e. The van der Waals surface area contributed by atoms with E-state index >= 15 is 0 Å². The summed E-state index contributed by atoms with van der Waals surface area (Å²) in [7, 11) is 0. The molecule has 0 unspecified atom stereocenters. The first-order chi connectivity index (χ1) is 8.19. The highest BCUT2D eigenvalue weighted by molar-refractivity contribution is 5.98. The van der Waals surface area contributed by atoms with Crippen molar-refractivity contribution in [3.63, 3.8) is 0 Å². The van der Waals surface area contributed by atoms with Gasteiger partial charge in [-0.15, -0.1) is 0 Å². The minimum absolute atomic E-state index is 0.0350. The highest BCUT2D eigenvalue weighted by Gasteiger charge is 2.10. The fourth-order valence-electron chi connectivity index (χ4n) is 1.31. The van der Waals surface area contributed by atoms with Crippen LogP contribution in [0.1, 0.15) is 24.5 Å². The van der Waals surface area contributed by atoms with Gasteiger partial charge < -0.3 is 4.74 Å². The van der Waals surface area contributed by atoms with Crippen molar-refractivity contribution in [2.24, 2.45) is 0 Å². The number of nitriles is 1. The first-order valence-corrected chi connectivity index (χ1v) is 5.53. The van der Waals surface area contributed by atoms with Crippen molar-refractivity contribution < 1.29 is 9.53 Å². The molecule has 1 aromatic carbocycles. The number of hydrogen-bond acceptors (Lipinski definition) is 3. The summed E-state index contributed by atoms with van der Waals surface area (Å²) in [5, 5.41) is 8.93. The van der Waals surface area contributed by atoms with E-state index in [1.807, 2.05) is 44.2 Å². The van der Waals surface area contributed by atoms with E-state index in [1.165, 1.54) is 0 Å². The molecule has 88 valence electrons. The van der Waals surface area contributed by atoms with Crippen LogP contribution in [-0.2, 0) is 9.53 Å². The van der Waals surface area contributed by atoms with Crippen molar-refractivity contribution in [3.05, 3.63) is 41.0 Å². The minimum Gasteiger partial charge on any atom is -0.462 e. The van der Waals surface area contributed by atoms with Gasteiger partial charge in [0.05, 0.1) is 6.61 Å². The van der Waals surface area contributed by atoms with Gasteiger partial charge in [0.1, 0.15) is 11.6 Å². The van der Waals surface area contributed by atoms with E-state index in [2.05, 4.69) is 0 Å². The zero-order valence-corrected chi connectivity index (χ0v) is 10.1. The maximum absolute atomic E-state index is 11.5. The SMILES string of the molecule is CCCOC(=O)C(C#N)=Cc1ccccc1C. The molecule has 0 heterocycles. The first kappa shape index (κ1) is 13.0. The van der Waals surface area contributed by atoms with Gasteiger partial charge in [0.15, 0.2) is 0 Å². The van der Waals surface area contributed by atoms with Crippen molar-refractivity contribution in [2.75, 3.05) is 6.61 Å². The Hall–Kier alpha value is -2.08. The first-order valence-electron chi connectivity index (χ1n) is 5.53. The Morgan fingerprint density at radius 3 is 2.76 bits per heavy atom. The van der Waals surface area contributed by atoms with Gasteiger partial charge in [-0.25, -0.2) is 4.79 Å². The Kier molecular flexibility index (Phi) is 4.96. The molecule has 0 aliphatic carbocycles. The number of rotatable bonds is 4. The van der Waals surface area contributed by atoms with Gasteiger partial charge in [0.25, 0.3) is 0 Å². The summed E-state index contributed by atoms with van der Waals surface area (Å²) >= 11 is 0. The Morgan fingerprint density at radius 2 is 2.18 bits per heavy atom. The Balaban J connectivity index is 2.92. The molecule has 0 aliphatic heterocycles. The number of benzene rings is 1. The summed E-state index contributed by atoms with van der Waals surface area (Å²) in [6, 6.07) is 9.44. The number of nitrogens with zero attached hydrogens (tertiary/aromatic N) is 1. The van der Waals surface area contributed by atoms with E-state index in [-0.39, 0.29) is 5.57 Å². The van der Waals surface area contributed by atoms with Gasteiger partial charge in [0, 0.05) is 0 Å². The lowest BCUT2D eigenvalue weighted by atomic mass is 10.1. The largest absolute Gasteiger partial charge is 0.462 e. The van der Waals surface area contributed by atoms with Gasteiger partial charge in [-0.2, -0.15) is 5.26 Å². The molecule has 0 bridgehead atoms. The third-order valence-corrected chi connectivity index (χ3v) is 2.27. The van der Waals surface area contributed by atoms with Crippen molar-refractivity contribution in [3.8, 4) is 6.07 Å². The number of hydrogen-bond donors (Lipinski definition) is 0. The Morgan fingerprint density at radius 1 is 1.47 bits per heavy atom. The molecule has 17 heavy (non-hydrogen) atoms. The summed E-state index contributed by atoms with van der Waals surface area (Å²) in [6.07, 6.45) is 2.31. The molecule has 0 atom stereocenters. The highest BCUT2D eigenvalue weighted by Crippen LogP contribution is 2.12. The Bertz CT molecular complexity index is 469. The topological polar surface area (TPSA) is 50.1 Å². The van der Waals surface area contributed by atoms with Gasteiger partial charge in [-0.1, -0.05) is 31.2 Å². The van der Waals surface area contributed by atoms with E-state index < -0.39 is 5.97 Å². The second-order valence-electron chi connectivity index (χ2n) is 3.66. The van der Waals surface area contributed by atoms with Crippen LogP contribution >= 0.6 is 0 Å². The summed E-state index contributed by atoms with van der Waals surface area (Å²) in [5.41, 5.74) is 1.91. The predicted molar refractivity (Wildman–Crippen MR) is 66.0 cm³/mol. The van der Waals surface area contributed by atoms with Crippen LogP contribution in [0.25, 0.3) is 6.08 Å². The fourth-order valence-corrected chi connectivity index (χ4v) is 1.31. The maximum atomic E-state index is 11.5. The number of ether oxygens (including phenoxy) is 1. The van der Waals surface area contributed by atoms with Crippen LogP contribution in [0.2, 0.25) is 0 Å². The van der Waals surface area contributed by atoms with Crippen LogP contribution in [0, 0.1) is 18.3 Å². The standard InChI is InChI=1S/C14H15NO2/c1-3-8-17-14(16)13(10-15)9-12-7-5-4-6-11(12)2/h4-7,9H,3,8H2,1-2H3. The molecule has 1 aromatic rings. The molecular formula is C14H15NO2. The molecule has 0 fully saturated rings. The van der Waals surface area contributed by atoms with Crippen LogP contribution in [0.3, 0.4) is 0 Å². The van der Waals surface area contributed by atoms with Gasteiger partial charge in [-0.3, -0.25) is 0 Å². The lowest BCUT2D eigenvalue weighted by molar-refractivity contribution is -0.138. The average Bonchev–Trinajstić information content (AvgIpc) is 2.35. The fraction of sp³-hybridized carbons (Fsp3) is 0.286. The normalized spacial score (nSPS) is 10.8. The van der Waals surface area contributed by atoms with Gasteiger partial charge >= 0.3 is 5.97 Å². The van der Waals surface area contributed by atoms with Crippen LogP contribution in [-0.4, -0.2) is 12.6 Å². The third-order valence-electron chi connectivity index (χ3n) is 2.27. The van der Waals surface area contributed by atoms with E-state index in [0.29, 0.717) is 6.61 Å². The van der Waals surface area contributed by atoms with Crippen LogP contribution in [0.15, 0.2) is 29.8 Å². The molecular weight excluding hydrogens is 214 g/mol. The van der Waals surface area contributed by atoms with Crippen LogP contribution in [0.4, 0.5) is 0 Å². The van der Waals surface area contributed by atoms with E-state index in [1.54, 1.807) is 6.08 Å². The molecule has 0 aromatic heterocycles. The molecule has 3 heteroatoms. The van der Waals surface area contributed by atoms with Gasteiger partial charge in [0.2, 0.25) is 0 Å².